The van der Waals surface area contributed by atoms with Crippen molar-refractivity contribution >= 4 is 45.0 Å². The van der Waals surface area contributed by atoms with Gasteiger partial charge in [0.1, 0.15) is 0 Å². The van der Waals surface area contributed by atoms with E-state index >= 15 is 0 Å². The number of carbonyl (C=O) groups excluding carboxylic acids is 1. The highest BCUT2D eigenvalue weighted by molar-refractivity contribution is 7.99. The van der Waals surface area contributed by atoms with E-state index in [4.69, 9.17) is 16.7 Å². The summed E-state index contributed by atoms with van der Waals surface area (Å²) in [6.45, 7) is 0.879. The Morgan fingerprint density at radius 2 is 2.29 bits per heavy atom. The van der Waals surface area contributed by atoms with E-state index in [2.05, 4.69) is 10.6 Å². The molecule has 1 atom stereocenters. The number of thioether (sulfide) groups is 1. The number of anilines is 1. The molecular weight excluding hydrogens is 334 g/mol. The Kier molecular flexibility index (Phi) is 5.50. The number of nitrogens with two attached hydrogens (primary N) is 1. The summed E-state index contributed by atoms with van der Waals surface area (Å²) in [5, 5.41) is 11.2. The van der Waals surface area contributed by atoms with Gasteiger partial charge in [0, 0.05) is 30.5 Å². The molecule has 9 heteroatoms. The number of benzene rings is 1. The van der Waals surface area contributed by atoms with E-state index < -0.39 is 10.0 Å². The minimum Gasteiger partial charge on any atom is -0.325 e. The summed E-state index contributed by atoms with van der Waals surface area (Å²) in [7, 11) is -3.83. The van der Waals surface area contributed by atoms with Crippen LogP contribution >= 0.6 is 23.4 Å². The van der Waals surface area contributed by atoms with Gasteiger partial charge >= 0.3 is 0 Å². The van der Waals surface area contributed by atoms with E-state index in [1.54, 1.807) is 11.8 Å². The van der Waals surface area contributed by atoms with Crippen molar-refractivity contribution in [2.75, 3.05) is 23.4 Å². The Morgan fingerprint density at radius 3 is 2.90 bits per heavy atom. The van der Waals surface area contributed by atoms with E-state index in [-0.39, 0.29) is 27.6 Å². The molecule has 1 aliphatic heterocycles. The van der Waals surface area contributed by atoms with Crippen molar-refractivity contribution in [1.29, 1.82) is 0 Å². The van der Waals surface area contributed by atoms with Crippen LogP contribution < -0.4 is 15.8 Å². The van der Waals surface area contributed by atoms with E-state index in [0.29, 0.717) is 6.42 Å². The van der Waals surface area contributed by atoms with Gasteiger partial charge in [0.2, 0.25) is 15.9 Å². The SMILES string of the molecule is NS(=O)(=O)c1ccc(Cl)c(NC(=O)CC2CSCCN2)c1. The number of nitrogens with one attached hydrogen (secondary N) is 2. The first-order chi connectivity index (χ1) is 9.86. The first-order valence-corrected chi connectivity index (χ1v) is 9.37. The molecule has 4 N–H and O–H groups in total. The number of sulfonamides is 1. The zero-order valence-corrected chi connectivity index (χ0v) is 13.5. The van der Waals surface area contributed by atoms with Crippen LogP contribution in [0.2, 0.25) is 5.02 Å². The zero-order chi connectivity index (χ0) is 15.5. The van der Waals surface area contributed by atoms with Crippen molar-refractivity contribution < 1.29 is 13.2 Å². The summed E-state index contributed by atoms with van der Waals surface area (Å²) in [5.74, 6) is 1.70. The standard InChI is InChI=1S/C12H16ClN3O3S2/c13-10-2-1-9(21(14,18)19)6-11(10)16-12(17)5-8-7-20-4-3-15-8/h1-2,6,8,15H,3-5,7H2,(H,16,17)(H2,14,18,19). The molecule has 0 aliphatic carbocycles. The molecule has 1 aliphatic rings. The van der Waals surface area contributed by atoms with Gasteiger partial charge in [-0.1, -0.05) is 11.6 Å². The fourth-order valence-electron chi connectivity index (χ4n) is 1.95. The molecule has 2 rings (SSSR count). The highest BCUT2D eigenvalue weighted by Crippen LogP contribution is 2.25. The van der Waals surface area contributed by atoms with Gasteiger partial charge in [-0.3, -0.25) is 4.79 Å². The minimum absolute atomic E-state index is 0.0893. The number of rotatable bonds is 4. The van der Waals surface area contributed by atoms with Crippen LogP contribution in [0.15, 0.2) is 23.1 Å². The van der Waals surface area contributed by atoms with Gasteiger partial charge in [0.25, 0.3) is 0 Å². The molecule has 1 fully saturated rings. The molecule has 21 heavy (non-hydrogen) atoms. The molecule has 6 nitrogen and oxygen atoms in total. The van der Waals surface area contributed by atoms with E-state index in [1.165, 1.54) is 18.2 Å². The third-order valence-electron chi connectivity index (χ3n) is 2.97. The highest BCUT2D eigenvalue weighted by Gasteiger charge is 2.18. The first kappa shape index (κ1) is 16.6. The molecule has 1 heterocycles. The quantitative estimate of drug-likeness (QED) is 0.753. The Labute approximate surface area is 132 Å². The van der Waals surface area contributed by atoms with E-state index in [0.717, 1.165) is 18.1 Å². The Balaban J connectivity index is 2.06. The maximum absolute atomic E-state index is 12.0. The number of primary sulfonamides is 1. The fraction of sp³-hybridized carbons (Fsp3) is 0.417. The lowest BCUT2D eigenvalue weighted by Crippen LogP contribution is -2.39. The van der Waals surface area contributed by atoms with Gasteiger partial charge in [0.05, 0.1) is 15.6 Å². The third kappa shape index (κ3) is 4.86. The van der Waals surface area contributed by atoms with Crippen LogP contribution in [0, 0.1) is 0 Å². The molecule has 116 valence electrons. The van der Waals surface area contributed by atoms with Gasteiger partial charge in [0.15, 0.2) is 0 Å². The van der Waals surface area contributed by atoms with Crippen LogP contribution in [0.4, 0.5) is 5.69 Å². The zero-order valence-electron chi connectivity index (χ0n) is 11.1. The summed E-state index contributed by atoms with van der Waals surface area (Å²) >= 11 is 7.76. The summed E-state index contributed by atoms with van der Waals surface area (Å²) in [4.78, 5) is 11.9. The highest BCUT2D eigenvalue weighted by atomic mass is 35.5. The lowest BCUT2D eigenvalue weighted by molar-refractivity contribution is -0.116. The second kappa shape index (κ2) is 6.97. The summed E-state index contributed by atoms with van der Waals surface area (Å²) in [6, 6.07) is 4.07. The van der Waals surface area contributed by atoms with Gasteiger partial charge in [-0.15, -0.1) is 0 Å². The molecule has 0 bridgehead atoms. The summed E-state index contributed by atoms with van der Waals surface area (Å²) < 4.78 is 22.6. The van der Waals surface area contributed by atoms with Gasteiger partial charge in [-0.25, -0.2) is 13.6 Å². The van der Waals surface area contributed by atoms with Gasteiger partial charge < -0.3 is 10.6 Å². The van der Waals surface area contributed by atoms with Crippen LogP contribution in [0.25, 0.3) is 0 Å². The largest absolute Gasteiger partial charge is 0.325 e. The number of hydrogen-bond acceptors (Lipinski definition) is 5. The number of hydrogen-bond donors (Lipinski definition) is 3. The number of carbonyl (C=O) groups is 1. The Hall–Kier alpha value is -0.800. The number of amides is 1. The molecule has 1 aromatic carbocycles. The minimum atomic E-state index is -3.83. The average molecular weight is 350 g/mol. The maximum atomic E-state index is 12.0. The first-order valence-electron chi connectivity index (χ1n) is 6.29. The van der Waals surface area contributed by atoms with Gasteiger partial charge in [-0.2, -0.15) is 11.8 Å². The second-order valence-electron chi connectivity index (χ2n) is 4.66. The summed E-state index contributed by atoms with van der Waals surface area (Å²) in [5.41, 5.74) is 0.247. The van der Waals surface area contributed by atoms with Gasteiger partial charge in [-0.05, 0) is 18.2 Å². The normalized spacial score (nSPS) is 19.2. The maximum Gasteiger partial charge on any atom is 0.238 e. The van der Waals surface area contributed by atoms with Crippen LogP contribution in [-0.2, 0) is 14.8 Å². The Morgan fingerprint density at radius 1 is 1.52 bits per heavy atom. The molecule has 1 aromatic rings. The molecule has 1 saturated heterocycles. The smallest absolute Gasteiger partial charge is 0.238 e. The Bertz CT molecular complexity index is 631. The van der Waals surface area contributed by atoms with Crippen molar-refractivity contribution in [3.05, 3.63) is 23.2 Å². The lowest BCUT2D eigenvalue weighted by Gasteiger charge is -2.22. The molecule has 1 unspecified atom stereocenters. The summed E-state index contributed by atoms with van der Waals surface area (Å²) in [6.07, 6.45) is 0.308. The van der Waals surface area contributed by atoms with Crippen molar-refractivity contribution in [2.45, 2.75) is 17.4 Å². The van der Waals surface area contributed by atoms with Crippen LogP contribution in [-0.4, -0.2) is 38.4 Å². The molecule has 0 saturated carbocycles. The average Bonchev–Trinajstić information content (AvgIpc) is 2.41. The van der Waals surface area contributed by atoms with Crippen molar-refractivity contribution in [3.63, 3.8) is 0 Å². The number of halogens is 1. The second-order valence-corrected chi connectivity index (χ2v) is 7.78. The van der Waals surface area contributed by atoms with Crippen LogP contribution in [0.1, 0.15) is 6.42 Å². The predicted octanol–water partition coefficient (Wildman–Crippen LogP) is 1.02. The fourth-order valence-corrected chi connectivity index (χ4v) is 3.61. The molecule has 0 radical (unpaired) electrons. The van der Waals surface area contributed by atoms with Crippen molar-refractivity contribution in [3.8, 4) is 0 Å². The van der Waals surface area contributed by atoms with Crippen molar-refractivity contribution in [2.24, 2.45) is 5.14 Å². The lowest BCUT2D eigenvalue weighted by atomic mass is 10.2. The topological polar surface area (TPSA) is 101 Å². The predicted molar refractivity (Wildman–Crippen MR) is 85.2 cm³/mol. The van der Waals surface area contributed by atoms with E-state index in [1.807, 2.05) is 0 Å². The van der Waals surface area contributed by atoms with Crippen molar-refractivity contribution in [1.82, 2.24) is 5.32 Å². The molecule has 0 aromatic heterocycles. The molecular formula is C12H16ClN3O3S2. The third-order valence-corrected chi connectivity index (χ3v) is 5.34. The van der Waals surface area contributed by atoms with Crippen LogP contribution in [0.3, 0.4) is 0 Å². The van der Waals surface area contributed by atoms with Crippen LogP contribution in [0.5, 0.6) is 0 Å². The monoisotopic (exact) mass is 349 g/mol. The molecule has 1 amide bonds. The molecule has 0 spiro atoms. The van der Waals surface area contributed by atoms with E-state index in [9.17, 15) is 13.2 Å².